The number of hydrogen-bond donors (Lipinski definition) is 1. The molecule has 3 rings (SSSR count). The van der Waals surface area contributed by atoms with E-state index in [2.05, 4.69) is 24.3 Å². The van der Waals surface area contributed by atoms with Crippen LogP contribution in [0.5, 0.6) is 0 Å². The number of rotatable bonds is 7. The van der Waals surface area contributed by atoms with E-state index in [-0.39, 0.29) is 5.92 Å². The second-order valence-electron chi connectivity index (χ2n) is 6.75. The number of carboxylic acids is 1. The first-order chi connectivity index (χ1) is 12.6. The lowest BCUT2D eigenvalue weighted by atomic mass is 9.83. The molecule has 1 atom stereocenters. The van der Waals surface area contributed by atoms with Gasteiger partial charge in [-0.3, -0.25) is 4.79 Å². The fourth-order valence-corrected chi connectivity index (χ4v) is 3.46. The molecule has 2 nitrogen and oxygen atoms in total. The minimum atomic E-state index is -0.756. The lowest BCUT2D eigenvalue weighted by molar-refractivity contribution is -0.139. The maximum atomic E-state index is 11.9. The summed E-state index contributed by atoms with van der Waals surface area (Å²) in [6, 6.07) is 28.5. The molecule has 132 valence electrons. The average molecular weight is 344 g/mol. The van der Waals surface area contributed by atoms with Crippen molar-refractivity contribution in [3.05, 3.63) is 107 Å². The maximum absolute atomic E-state index is 11.9. The van der Waals surface area contributed by atoms with Crippen LogP contribution in [0.25, 0.3) is 0 Å². The summed E-state index contributed by atoms with van der Waals surface area (Å²) in [5.41, 5.74) is 4.48. The normalized spacial score (nSPS) is 12.1. The first kappa shape index (κ1) is 17.9. The van der Waals surface area contributed by atoms with Crippen molar-refractivity contribution < 1.29 is 9.90 Å². The molecule has 0 aromatic heterocycles. The first-order valence-corrected chi connectivity index (χ1v) is 9.04. The highest BCUT2D eigenvalue weighted by atomic mass is 16.4. The zero-order chi connectivity index (χ0) is 18.4. The molecule has 0 amide bonds. The third kappa shape index (κ3) is 4.40. The molecule has 3 aromatic rings. The number of aliphatic carboxylic acids is 1. The van der Waals surface area contributed by atoms with Crippen molar-refractivity contribution in [2.45, 2.75) is 31.6 Å². The third-order valence-electron chi connectivity index (χ3n) is 4.93. The minimum Gasteiger partial charge on any atom is -0.481 e. The summed E-state index contributed by atoms with van der Waals surface area (Å²) in [6.45, 7) is 2.01. The van der Waals surface area contributed by atoms with E-state index in [1.54, 1.807) is 0 Å². The summed E-state index contributed by atoms with van der Waals surface area (Å²) < 4.78 is 0. The number of carboxylic acid groups (broad SMARTS) is 1. The smallest absolute Gasteiger partial charge is 0.310 e. The SMILES string of the molecule is Cc1ccc([C@@H](CCC(c2ccccc2)c2ccccc2)C(=O)O)cc1. The molecule has 26 heavy (non-hydrogen) atoms. The van der Waals surface area contributed by atoms with Crippen molar-refractivity contribution in [3.63, 3.8) is 0 Å². The Morgan fingerprint density at radius 1 is 0.731 bits per heavy atom. The van der Waals surface area contributed by atoms with Gasteiger partial charge in [0.05, 0.1) is 5.92 Å². The standard InChI is InChI=1S/C24H24O2/c1-18-12-14-21(15-13-18)23(24(25)26)17-16-22(19-8-4-2-5-9-19)20-10-6-3-7-11-20/h2-15,22-23H,16-17H2,1H3,(H,25,26)/t23-/m1/s1. The van der Waals surface area contributed by atoms with Gasteiger partial charge in [-0.1, -0.05) is 90.5 Å². The van der Waals surface area contributed by atoms with Gasteiger partial charge >= 0.3 is 5.97 Å². The molecule has 3 aromatic carbocycles. The summed E-state index contributed by atoms with van der Waals surface area (Å²) in [4.78, 5) is 11.9. The largest absolute Gasteiger partial charge is 0.481 e. The van der Waals surface area contributed by atoms with E-state index in [0.29, 0.717) is 6.42 Å². The summed E-state index contributed by atoms with van der Waals surface area (Å²) in [6.07, 6.45) is 1.39. The molecule has 0 spiro atoms. The molecule has 0 aliphatic heterocycles. The number of carbonyl (C=O) groups is 1. The third-order valence-corrected chi connectivity index (χ3v) is 4.93. The van der Waals surface area contributed by atoms with Crippen molar-refractivity contribution in [2.24, 2.45) is 0 Å². The fraction of sp³-hybridized carbons (Fsp3) is 0.208. The first-order valence-electron chi connectivity index (χ1n) is 9.04. The quantitative estimate of drug-likeness (QED) is 0.590. The molecular weight excluding hydrogens is 320 g/mol. The van der Waals surface area contributed by atoms with Crippen LogP contribution in [0.3, 0.4) is 0 Å². The fourth-order valence-electron chi connectivity index (χ4n) is 3.46. The van der Waals surface area contributed by atoms with Crippen molar-refractivity contribution in [1.29, 1.82) is 0 Å². The topological polar surface area (TPSA) is 37.3 Å². The van der Waals surface area contributed by atoms with E-state index < -0.39 is 11.9 Å². The van der Waals surface area contributed by atoms with Gasteiger partial charge in [0.25, 0.3) is 0 Å². The van der Waals surface area contributed by atoms with Crippen molar-refractivity contribution in [2.75, 3.05) is 0 Å². The molecule has 0 bridgehead atoms. The van der Waals surface area contributed by atoms with Crippen LogP contribution in [0.4, 0.5) is 0 Å². The predicted octanol–water partition coefficient (Wildman–Crippen LogP) is 5.78. The van der Waals surface area contributed by atoms with Gasteiger partial charge in [0.1, 0.15) is 0 Å². The molecular formula is C24H24O2. The van der Waals surface area contributed by atoms with E-state index in [4.69, 9.17) is 0 Å². The van der Waals surface area contributed by atoms with Gasteiger partial charge in [0.2, 0.25) is 0 Å². The van der Waals surface area contributed by atoms with Gasteiger partial charge < -0.3 is 5.11 Å². The van der Waals surface area contributed by atoms with Gasteiger partial charge in [0.15, 0.2) is 0 Å². The second-order valence-corrected chi connectivity index (χ2v) is 6.75. The summed E-state index contributed by atoms with van der Waals surface area (Å²) in [7, 11) is 0. The Balaban J connectivity index is 1.84. The van der Waals surface area contributed by atoms with Crippen molar-refractivity contribution in [1.82, 2.24) is 0 Å². The van der Waals surface area contributed by atoms with E-state index in [9.17, 15) is 9.90 Å². The Hall–Kier alpha value is -2.87. The maximum Gasteiger partial charge on any atom is 0.310 e. The lowest BCUT2D eigenvalue weighted by Crippen LogP contribution is -2.13. The molecule has 0 fully saturated rings. The van der Waals surface area contributed by atoms with Crippen molar-refractivity contribution in [3.8, 4) is 0 Å². The number of aryl methyl sites for hydroxylation is 1. The Morgan fingerprint density at radius 2 is 1.23 bits per heavy atom. The van der Waals surface area contributed by atoms with Crippen LogP contribution in [0.2, 0.25) is 0 Å². The zero-order valence-electron chi connectivity index (χ0n) is 15.0. The molecule has 0 aliphatic carbocycles. The highest BCUT2D eigenvalue weighted by Crippen LogP contribution is 2.33. The predicted molar refractivity (Wildman–Crippen MR) is 106 cm³/mol. The van der Waals surface area contributed by atoms with Crippen LogP contribution in [0, 0.1) is 6.92 Å². The van der Waals surface area contributed by atoms with Gasteiger partial charge in [-0.15, -0.1) is 0 Å². The molecule has 0 saturated carbocycles. The van der Waals surface area contributed by atoms with Crippen LogP contribution in [-0.4, -0.2) is 11.1 Å². The van der Waals surface area contributed by atoms with Crippen LogP contribution in [0.15, 0.2) is 84.9 Å². The van der Waals surface area contributed by atoms with E-state index >= 15 is 0 Å². The van der Waals surface area contributed by atoms with Gasteiger partial charge in [-0.25, -0.2) is 0 Å². The Bertz CT molecular complexity index is 784. The molecule has 0 aliphatic rings. The molecule has 0 saturated heterocycles. The lowest BCUT2D eigenvalue weighted by Gasteiger charge is -2.21. The highest BCUT2D eigenvalue weighted by molar-refractivity contribution is 5.76. The molecule has 0 unspecified atom stereocenters. The summed E-state index contributed by atoms with van der Waals surface area (Å²) in [5, 5.41) is 9.75. The average Bonchev–Trinajstić information content (AvgIpc) is 2.67. The van der Waals surface area contributed by atoms with E-state index in [1.165, 1.54) is 11.1 Å². The van der Waals surface area contributed by atoms with Gasteiger partial charge in [-0.05, 0) is 36.5 Å². The van der Waals surface area contributed by atoms with Crippen molar-refractivity contribution >= 4 is 5.97 Å². The summed E-state index contributed by atoms with van der Waals surface area (Å²) >= 11 is 0. The Kier molecular flexibility index (Phi) is 5.85. The Labute approximate surface area is 155 Å². The van der Waals surface area contributed by atoms with Crippen LogP contribution in [0.1, 0.15) is 46.9 Å². The van der Waals surface area contributed by atoms with Crippen LogP contribution in [-0.2, 0) is 4.79 Å². The van der Waals surface area contributed by atoms with Crippen LogP contribution >= 0.6 is 0 Å². The highest BCUT2D eigenvalue weighted by Gasteiger charge is 2.23. The van der Waals surface area contributed by atoms with Gasteiger partial charge in [0, 0.05) is 5.92 Å². The molecule has 0 radical (unpaired) electrons. The second kappa shape index (κ2) is 8.48. The molecule has 2 heteroatoms. The van der Waals surface area contributed by atoms with Gasteiger partial charge in [-0.2, -0.15) is 0 Å². The molecule has 0 heterocycles. The monoisotopic (exact) mass is 344 g/mol. The number of hydrogen-bond acceptors (Lipinski definition) is 1. The van der Waals surface area contributed by atoms with Crippen LogP contribution < -0.4 is 0 Å². The minimum absolute atomic E-state index is 0.199. The van der Waals surface area contributed by atoms with E-state index in [0.717, 1.165) is 17.5 Å². The Morgan fingerprint density at radius 3 is 1.69 bits per heavy atom. The van der Waals surface area contributed by atoms with E-state index in [1.807, 2.05) is 67.6 Å². The zero-order valence-corrected chi connectivity index (χ0v) is 15.0. The molecule has 1 N–H and O–H groups in total. The summed E-state index contributed by atoms with van der Waals surface area (Å²) in [5.74, 6) is -1.04. The number of benzene rings is 3.